The fraction of sp³-hybridized carbons (Fsp3) is 0.100. The Labute approximate surface area is 244 Å². The Morgan fingerprint density at radius 2 is 1.77 bits per heavy atom. The minimum atomic E-state index is -0.572. The van der Waals surface area contributed by atoms with Crippen LogP contribution in [0.15, 0.2) is 83.8 Å². The molecule has 0 radical (unpaired) electrons. The first-order valence-corrected chi connectivity index (χ1v) is 13.7. The zero-order valence-corrected chi connectivity index (χ0v) is 23.5. The molecule has 0 unspecified atom stereocenters. The van der Waals surface area contributed by atoms with Gasteiger partial charge in [0.2, 0.25) is 5.91 Å². The summed E-state index contributed by atoms with van der Waals surface area (Å²) in [5.74, 6) is -0.244. The molecule has 40 heavy (non-hydrogen) atoms. The Bertz CT molecular complexity index is 1670. The zero-order chi connectivity index (χ0) is 28.2. The third-order valence-corrected chi connectivity index (χ3v) is 7.64. The van der Waals surface area contributed by atoms with Gasteiger partial charge < -0.3 is 14.8 Å². The number of ether oxygens (including phenoxy) is 2. The second-order valence-electron chi connectivity index (χ2n) is 8.75. The summed E-state index contributed by atoms with van der Waals surface area (Å²) in [6.07, 6.45) is 1.55. The first-order valence-electron chi connectivity index (χ1n) is 12.1. The van der Waals surface area contributed by atoms with Gasteiger partial charge in [0.15, 0.2) is 11.5 Å². The van der Waals surface area contributed by atoms with E-state index in [1.165, 1.54) is 7.11 Å². The summed E-state index contributed by atoms with van der Waals surface area (Å²) in [5.41, 5.74) is 1.83. The molecular formula is C30H22Cl2N2O5S. The Hall–Kier alpha value is -3.98. The van der Waals surface area contributed by atoms with Gasteiger partial charge in [-0.3, -0.25) is 19.3 Å². The standard InChI is InChI=1S/C30H22Cl2N2O5S/c1-38-25-11-5-8-19(28(25)39-17-20-12-13-21(31)15-23(20)32)14-26-29(36)34(30(37)40-26)16-27(35)33-24-10-4-7-18-6-2-3-9-22(18)24/h2-15H,16-17H2,1H3,(H,33,35)/b26-14+. The third-order valence-electron chi connectivity index (χ3n) is 6.14. The molecule has 3 amide bonds. The number of carbonyl (C=O) groups is 3. The number of hydrogen-bond donors (Lipinski definition) is 1. The van der Waals surface area contributed by atoms with Crippen LogP contribution in [0.4, 0.5) is 10.5 Å². The first-order chi connectivity index (χ1) is 19.3. The van der Waals surface area contributed by atoms with Gasteiger partial charge in [-0.25, -0.2) is 0 Å². The van der Waals surface area contributed by atoms with Crippen molar-refractivity contribution >= 4 is 74.6 Å². The molecular weight excluding hydrogens is 571 g/mol. The van der Waals surface area contributed by atoms with E-state index in [1.54, 1.807) is 48.5 Å². The number of rotatable bonds is 8. The second-order valence-corrected chi connectivity index (χ2v) is 10.6. The lowest BCUT2D eigenvalue weighted by Crippen LogP contribution is -2.36. The van der Waals surface area contributed by atoms with E-state index in [1.807, 2.05) is 36.4 Å². The number of nitrogens with one attached hydrogen (secondary N) is 1. The molecule has 202 valence electrons. The molecule has 0 atom stereocenters. The second kappa shape index (κ2) is 12.0. The zero-order valence-electron chi connectivity index (χ0n) is 21.1. The number of amides is 3. The normalized spacial score (nSPS) is 14.2. The molecule has 0 aliphatic carbocycles. The van der Waals surface area contributed by atoms with Crippen molar-refractivity contribution in [2.75, 3.05) is 19.0 Å². The highest BCUT2D eigenvalue weighted by Gasteiger charge is 2.36. The van der Waals surface area contributed by atoms with Crippen molar-refractivity contribution in [3.63, 3.8) is 0 Å². The molecule has 1 heterocycles. The largest absolute Gasteiger partial charge is 0.493 e. The Morgan fingerprint density at radius 1 is 1.00 bits per heavy atom. The maximum Gasteiger partial charge on any atom is 0.294 e. The highest BCUT2D eigenvalue weighted by molar-refractivity contribution is 8.18. The van der Waals surface area contributed by atoms with Crippen LogP contribution in [0.5, 0.6) is 11.5 Å². The highest BCUT2D eigenvalue weighted by atomic mass is 35.5. The average Bonchev–Trinajstić information content (AvgIpc) is 3.20. The van der Waals surface area contributed by atoms with E-state index in [9.17, 15) is 14.4 Å². The number of thioether (sulfide) groups is 1. The van der Waals surface area contributed by atoms with Gasteiger partial charge in [-0.05, 0) is 47.5 Å². The fourth-order valence-electron chi connectivity index (χ4n) is 4.20. The summed E-state index contributed by atoms with van der Waals surface area (Å²) in [5, 5.41) is 5.05. The predicted molar refractivity (Wildman–Crippen MR) is 159 cm³/mol. The number of imide groups is 1. The van der Waals surface area contributed by atoms with Crippen LogP contribution >= 0.6 is 35.0 Å². The number of carbonyl (C=O) groups excluding carboxylic acids is 3. The molecule has 1 aliphatic rings. The van der Waals surface area contributed by atoms with Crippen molar-refractivity contribution < 1.29 is 23.9 Å². The summed E-state index contributed by atoms with van der Waals surface area (Å²) in [6.45, 7) is -0.297. The minimum Gasteiger partial charge on any atom is -0.493 e. The Morgan fingerprint density at radius 3 is 2.58 bits per heavy atom. The molecule has 1 saturated heterocycles. The van der Waals surface area contributed by atoms with Gasteiger partial charge in [0, 0.05) is 32.2 Å². The average molecular weight is 593 g/mol. The molecule has 7 nitrogen and oxygen atoms in total. The lowest BCUT2D eigenvalue weighted by molar-refractivity contribution is -0.127. The highest BCUT2D eigenvalue weighted by Crippen LogP contribution is 2.38. The number of para-hydroxylation sites is 1. The van der Waals surface area contributed by atoms with Crippen LogP contribution in [0, 0.1) is 0 Å². The van der Waals surface area contributed by atoms with Gasteiger partial charge in [0.25, 0.3) is 11.1 Å². The minimum absolute atomic E-state index is 0.118. The number of hydrogen-bond acceptors (Lipinski definition) is 6. The SMILES string of the molecule is COc1cccc(/C=C2/SC(=O)N(CC(=O)Nc3cccc4ccccc34)C2=O)c1OCc1ccc(Cl)cc1Cl. The van der Waals surface area contributed by atoms with Gasteiger partial charge in [-0.15, -0.1) is 0 Å². The van der Waals surface area contributed by atoms with E-state index in [0.717, 1.165) is 27.4 Å². The number of fused-ring (bicyclic) bond motifs is 1. The molecule has 1 N–H and O–H groups in total. The first kappa shape index (κ1) is 27.6. The number of methoxy groups -OCH3 is 1. The van der Waals surface area contributed by atoms with Crippen LogP contribution in [-0.2, 0) is 16.2 Å². The summed E-state index contributed by atoms with van der Waals surface area (Å²) < 4.78 is 11.5. The lowest BCUT2D eigenvalue weighted by Gasteiger charge is -2.15. The van der Waals surface area contributed by atoms with Crippen molar-refractivity contribution in [3.05, 3.63) is 105 Å². The van der Waals surface area contributed by atoms with Crippen LogP contribution in [0.1, 0.15) is 11.1 Å². The summed E-state index contributed by atoms with van der Waals surface area (Å²) >= 11 is 13.0. The quantitative estimate of drug-likeness (QED) is 0.214. The number of anilines is 1. The van der Waals surface area contributed by atoms with Crippen LogP contribution in [0.3, 0.4) is 0 Å². The fourth-order valence-corrected chi connectivity index (χ4v) is 5.49. The Kier molecular flexibility index (Phi) is 8.30. The van der Waals surface area contributed by atoms with Crippen molar-refractivity contribution in [3.8, 4) is 11.5 Å². The number of nitrogens with zero attached hydrogens (tertiary/aromatic N) is 1. The molecule has 5 rings (SSSR count). The molecule has 0 aromatic heterocycles. The summed E-state index contributed by atoms with van der Waals surface area (Å²) in [7, 11) is 1.50. The number of halogens is 2. The van der Waals surface area contributed by atoms with Crippen LogP contribution in [-0.4, -0.2) is 35.6 Å². The van der Waals surface area contributed by atoms with E-state index in [2.05, 4.69) is 5.32 Å². The predicted octanol–water partition coefficient (Wildman–Crippen LogP) is 7.41. The smallest absolute Gasteiger partial charge is 0.294 e. The molecule has 1 fully saturated rings. The molecule has 10 heteroatoms. The molecule has 4 aromatic rings. The van der Waals surface area contributed by atoms with Gasteiger partial charge in [-0.1, -0.05) is 77.8 Å². The lowest BCUT2D eigenvalue weighted by atomic mass is 10.1. The molecule has 0 saturated carbocycles. The maximum atomic E-state index is 13.2. The van der Waals surface area contributed by atoms with Crippen molar-refractivity contribution in [1.29, 1.82) is 0 Å². The van der Waals surface area contributed by atoms with E-state index in [0.29, 0.717) is 38.4 Å². The molecule has 0 spiro atoms. The van der Waals surface area contributed by atoms with E-state index < -0.39 is 23.6 Å². The maximum absolute atomic E-state index is 13.2. The molecule has 0 bridgehead atoms. The monoisotopic (exact) mass is 592 g/mol. The molecule has 4 aromatic carbocycles. The summed E-state index contributed by atoms with van der Waals surface area (Å²) in [6, 6.07) is 23.4. The topological polar surface area (TPSA) is 84.9 Å². The van der Waals surface area contributed by atoms with E-state index >= 15 is 0 Å². The van der Waals surface area contributed by atoms with Crippen molar-refractivity contribution in [2.45, 2.75) is 6.61 Å². The van der Waals surface area contributed by atoms with Crippen LogP contribution < -0.4 is 14.8 Å². The van der Waals surface area contributed by atoms with Gasteiger partial charge in [0.05, 0.1) is 12.0 Å². The van der Waals surface area contributed by atoms with Crippen molar-refractivity contribution in [1.82, 2.24) is 4.90 Å². The van der Waals surface area contributed by atoms with Crippen LogP contribution in [0.2, 0.25) is 10.0 Å². The van der Waals surface area contributed by atoms with Crippen LogP contribution in [0.25, 0.3) is 16.8 Å². The Balaban J connectivity index is 1.34. The van der Waals surface area contributed by atoms with Gasteiger partial charge in [-0.2, -0.15) is 0 Å². The molecule has 1 aliphatic heterocycles. The van der Waals surface area contributed by atoms with Gasteiger partial charge >= 0.3 is 0 Å². The van der Waals surface area contributed by atoms with E-state index in [-0.39, 0.29) is 11.5 Å². The van der Waals surface area contributed by atoms with Crippen molar-refractivity contribution in [2.24, 2.45) is 0 Å². The van der Waals surface area contributed by atoms with Gasteiger partial charge in [0.1, 0.15) is 13.2 Å². The van der Waals surface area contributed by atoms with E-state index in [4.69, 9.17) is 32.7 Å². The third kappa shape index (κ3) is 5.94. The summed E-state index contributed by atoms with van der Waals surface area (Å²) in [4.78, 5) is 39.8. The number of benzene rings is 4.